The smallest absolute Gasteiger partial charge is 0.289 e. The molecule has 1 aromatic heterocycles. The van der Waals surface area contributed by atoms with Crippen molar-refractivity contribution in [3.8, 4) is 5.75 Å². The number of ether oxygens (including phenoxy) is 3. The summed E-state index contributed by atoms with van der Waals surface area (Å²) in [5.41, 5.74) is 1.42. The lowest BCUT2D eigenvalue weighted by Gasteiger charge is -2.21. The van der Waals surface area contributed by atoms with Crippen molar-refractivity contribution in [2.75, 3.05) is 47.6 Å². The van der Waals surface area contributed by atoms with E-state index in [2.05, 4.69) is 0 Å². The summed E-state index contributed by atoms with van der Waals surface area (Å²) in [6.45, 7) is 4.06. The van der Waals surface area contributed by atoms with Gasteiger partial charge in [-0.25, -0.2) is 0 Å². The van der Waals surface area contributed by atoms with E-state index in [9.17, 15) is 4.79 Å². The summed E-state index contributed by atoms with van der Waals surface area (Å²) in [6.07, 6.45) is 0.758. The van der Waals surface area contributed by atoms with E-state index in [0.717, 1.165) is 17.4 Å². The zero-order valence-corrected chi connectivity index (χ0v) is 14.8. The molecule has 1 amide bonds. The van der Waals surface area contributed by atoms with Gasteiger partial charge in [0, 0.05) is 44.9 Å². The van der Waals surface area contributed by atoms with Gasteiger partial charge in [-0.05, 0) is 19.4 Å². The summed E-state index contributed by atoms with van der Waals surface area (Å²) in [5.74, 6) is 0.833. The molecule has 0 aliphatic heterocycles. The SMILES string of the molecule is COCCCN(CCOC)C(=O)c1oc2c(OC)cccc2c1C. The summed E-state index contributed by atoms with van der Waals surface area (Å²) >= 11 is 0. The second kappa shape index (κ2) is 8.70. The van der Waals surface area contributed by atoms with Crippen LogP contribution in [0, 0.1) is 6.92 Å². The van der Waals surface area contributed by atoms with E-state index in [1.165, 1.54) is 0 Å². The first kappa shape index (κ1) is 18.3. The number of furan rings is 1. The first-order valence-corrected chi connectivity index (χ1v) is 7.97. The minimum absolute atomic E-state index is 0.140. The Morgan fingerprint density at radius 1 is 1.12 bits per heavy atom. The normalized spacial score (nSPS) is 11.0. The third kappa shape index (κ3) is 3.88. The number of carbonyl (C=O) groups excluding carboxylic acids is 1. The van der Waals surface area contributed by atoms with Crippen molar-refractivity contribution in [3.05, 3.63) is 29.5 Å². The number of nitrogens with zero attached hydrogens (tertiary/aromatic N) is 1. The van der Waals surface area contributed by atoms with Crippen molar-refractivity contribution in [3.63, 3.8) is 0 Å². The number of hydrogen-bond acceptors (Lipinski definition) is 5. The van der Waals surface area contributed by atoms with Crippen LogP contribution in [0.4, 0.5) is 0 Å². The Morgan fingerprint density at radius 2 is 1.88 bits per heavy atom. The molecule has 0 spiro atoms. The first-order chi connectivity index (χ1) is 11.6. The second-order valence-electron chi connectivity index (χ2n) is 5.52. The Hall–Kier alpha value is -2.05. The third-order valence-electron chi connectivity index (χ3n) is 3.97. The summed E-state index contributed by atoms with van der Waals surface area (Å²) in [5, 5.41) is 0.890. The fraction of sp³-hybridized carbons (Fsp3) is 0.500. The summed E-state index contributed by atoms with van der Waals surface area (Å²) in [7, 11) is 4.86. The van der Waals surface area contributed by atoms with Crippen molar-refractivity contribution in [1.29, 1.82) is 0 Å². The fourth-order valence-electron chi connectivity index (χ4n) is 2.64. The van der Waals surface area contributed by atoms with Crippen LogP contribution < -0.4 is 4.74 Å². The first-order valence-electron chi connectivity index (χ1n) is 7.97. The Kier molecular flexibility index (Phi) is 6.63. The minimum atomic E-state index is -0.140. The van der Waals surface area contributed by atoms with Crippen molar-refractivity contribution in [1.82, 2.24) is 4.90 Å². The van der Waals surface area contributed by atoms with Gasteiger partial charge in [-0.15, -0.1) is 0 Å². The lowest BCUT2D eigenvalue weighted by Crippen LogP contribution is -2.35. The highest BCUT2D eigenvalue weighted by atomic mass is 16.5. The van der Waals surface area contributed by atoms with E-state index in [4.69, 9.17) is 18.6 Å². The molecule has 0 atom stereocenters. The highest BCUT2D eigenvalue weighted by molar-refractivity contribution is 6.00. The van der Waals surface area contributed by atoms with Gasteiger partial charge >= 0.3 is 0 Å². The van der Waals surface area contributed by atoms with Gasteiger partial charge in [0.2, 0.25) is 0 Å². The maximum Gasteiger partial charge on any atom is 0.289 e. The molecule has 0 fully saturated rings. The van der Waals surface area contributed by atoms with E-state index < -0.39 is 0 Å². The predicted octanol–water partition coefficient (Wildman–Crippen LogP) is 2.87. The van der Waals surface area contributed by atoms with Gasteiger partial charge in [0.1, 0.15) is 0 Å². The van der Waals surface area contributed by atoms with Crippen molar-refractivity contribution < 1.29 is 23.4 Å². The van der Waals surface area contributed by atoms with E-state index in [-0.39, 0.29) is 5.91 Å². The predicted molar refractivity (Wildman–Crippen MR) is 91.8 cm³/mol. The van der Waals surface area contributed by atoms with Gasteiger partial charge in [0.25, 0.3) is 5.91 Å². The van der Waals surface area contributed by atoms with Crippen LogP contribution in [0.5, 0.6) is 5.75 Å². The largest absolute Gasteiger partial charge is 0.493 e. The number of rotatable bonds is 9. The van der Waals surface area contributed by atoms with Crippen LogP contribution in [0.2, 0.25) is 0 Å². The van der Waals surface area contributed by atoms with Crippen LogP contribution in [0.1, 0.15) is 22.5 Å². The molecule has 24 heavy (non-hydrogen) atoms. The maximum absolute atomic E-state index is 12.9. The number of fused-ring (bicyclic) bond motifs is 1. The minimum Gasteiger partial charge on any atom is -0.493 e. The Bertz CT molecular complexity index is 679. The van der Waals surface area contributed by atoms with Crippen LogP contribution in [-0.2, 0) is 9.47 Å². The van der Waals surface area contributed by atoms with Crippen LogP contribution in [0.15, 0.2) is 22.6 Å². The van der Waals surface area contributed by atoms with Crippen LogP contribution >= 0.6 is 0 Å². The number of amides is 1. The van der Waals surface area contributed by atoms with E-state index >= 15 is 0 Å². The zero-order chi connectivity index (χ0) is 17.5. The molecular weight excluding hydrogens is 310 g/mol. The van der Waals surface area contributed by atoms with E-state index in [0.29, 0.717) is 43.4 Å². The van der Waals surface area contributed by atoms with E-state index in [1.807, 2.05) is 25.1 Å². The van der Waals surface area contributed by atoms with Crippen LogP contribution in [0.3, 0.4) is 0 Å². The molecule has 2 rings (SSSR count). The number of hydrogen-bond donors (Lipinski definition) is 0. The molecule has 1 aromatic carbocycles. The van der Waals surface area contributed by atoms with Crippen LogP contribution in [0.25, 0.3) is 11.0 Å². The van der Waals surface area contributed by atoms with Gasteiger partial charge < -0.3 is 23.5 Å². The fourth-order valence-corrected chi connectivity index (χ4v) is 2.64. The quantitative estimate of drug-likeness (QED) is 0.660. The summed E-state index contributed by atoms with van der Waals surface area (Å²) in [4.78, 5) is 14.7. The molecule has 0 N–H and O–H groups in total. The molecule has 2 aromatic rings. The molecule has 132 valence electrons. The van der Waals surface area contributed by atoms with Gasteiger partial charge in [-0.2, -0.15) is 0 Å². The third-order valence-corrected chi connectivity index (χ3v) is 3.97. The number of methoxy groups -OCH3 is 3. The molecule has 0 saturated heterocycles. The molecule has 0 bridgehead atoms. The Morgan fingerprint density at radius 3 is 2.54 bits per heavy atom. The molecule has 0 radical (unpaired) electrons. The molecule has 6 heteroatoms. The molecule has 0 unspecified atom stereocenters. The van der Waals surface area contributed by atoms with Crippen LogP contribution in [-0.4, -0.2) is 58.4 Å². The molecular formula is C18H25NO5. The average molecular weight is 335 g/mol. The second-order valence-corrected chi connectivity index (χ2v) is 5.52. The molecule has 0 aliphatic carbocycles. The molecule has 1 heterocycles. The summed E-state index contributed by atoms with van der Waals surface area (Å²) in [6, 6.07) is 5.64. The summed E-state index contributed by atoms with van der Waals surface area (Å²) < 4.78 is 21.4. The molecule has 6 nitrogen and oxygen atoms in total. The number of para-hydroxylation sites is 1. The number of benzene rings is 1. The van der Waals surface area contributed by atoms with Crippen molar-refractivity contribution >= 4 is 16.9 Å². The monoisotopic (exact) mass is 335 g/mol. The van der Waals surface area contributed by atoms with E-state index in [1.54, 1.807) is 26.2 Å². The lowest BCUT2D eigenvalue weighted by atomic mass is 10.1. The lowest BCUT2D eigenvalue weighted by molar-refractivity contribution is 0.0645. The molecule has 0 aliphatic rings. The molecule has 0 saturated carbocycles. The average Bonchev–Trinajstić information content (AvgIpc) is 2.94. The Balaban J connectivity index is 2.30. The Labute approximate surface area is 142 Å². The van der Waals surface area contributed by atoms with Gasteiger partial charge in [0.05, 0.1) is 13.7 Å². The van der Waals surface area contributed by atoms with Crippen molar-refractivity contribution in [2.45, 2.75) is 13.3 Å². The highest BCUT2D eigenvalue weighted by Crippen LogP contribution is 2.32. The highest BCUT2D eigenvalue weighted by Gasteiger charge is 2.24. The topological polar surface area (TPSA) is 61.1 Å². The standard InChI is InChI=1S/C18H25NO5/c1-13-14-7-5-8-15(23-4)17(14)24-16(13)18(20)19(10-12-22-3)9-6-11-21-2/h5,7-8H,6,9-12H2,1-4H3. The number of carbonyl (C=O) groups is 1. The number of aryl methyl sites for hydroxylation is 1. The van der Waals surface area contributed by atoms with Gasteiger partial charge in [-0.3, -0.25) is 4.79 Å². The van der Waals surface area contributed by atoms with Crippen molar-refractivity contribution in [2.24, 2.45) is 0 Å². The zero-order valence-electron chi connectivity index (χ0n) is 14.8. The van der Waals surface area contributed by atoms with Gasteiger partial charge in [0.15, 0.2) is 17.1 Å². The maximum atomic E-state index is 12.9. The van der Waals surface area contributed by atoms with Gasteiger partial charge in [-0.1, -0.05) is 12.1 Å².